The number of nitrogens with one attached hydrogen (secondary N) is 3. The Labute approximate surface area is 662 Å². The fourth-order valence-electron chi connectivity index (χ4n) is 11.7. The van der Waals surface area contributed by atoms with E-state index in [0.29, 0.717) is 42.7 Å². The molecule has 0 saturated heterocycles. The number of rotatable bonds is 58. The lowest BCUT2D eigenvalue weighted by Gasteiger charge is -2.33. The molecule has 2 atom stereocenters. The Morgan fingerprint density at radius 2 is 0.821 bits per heavy atom. The zero-order chi connectivity index (χ0) is 83.2. The van der Waals surface area contributed by atoms with E-state index >= 15 is 9.59 Å². The smallest absolute Gasteiger partial charge is 0.243 e. The van der Waals surface area contributed by atoms with Gasteiger partial charge in [-0.2, -0.15) is 11.8 Å². The van der Waals surface area contributed by atoms with Gasteiger partial charge < -0.3 is 103 Å². The molecule has 0 aliphatic heterocycles. The van der Waals surface area contributed by atoms with Crippen LogP contribution in [0.15, 0.2) is 63.3 Å². The van der Waals surface area contributed by atoms with Crippen molar-refractivity contribution in [3.8, 4) is 0 Å². The van der Waals surface area contributed by atoms with Crippen LogP contribution in [0.1, 0.15) is 88.2 Å². The number of amides is 11. The van der Waals surface area contributed by atoms with Gasteiger partial charge in [0.1, 0.15) is 12.1 Å². The molecule has 41 heteroatoms. The minimum atomic E-state index is -4.11. The van der Waals surface area contributed by atoms with Crippen LogP contribution in [0, 0.1) is 0 Å². The molecule has 0 radical (unpaired) electrons. The standard InChI is InChI=1S/C71H121N19O19S3/c1-106-39-35-87(45-60(91)81-59(16-13-30-79-71(75)76)70(101)82-58(69(74)100)27-43-110-5)65(96)50-88(36-40-107-2)67(98)52-90(38-42-109-4)68(99)51-89(37-41-108-3)66(97)47-84(32-12-10-29-73)62(93)48-85(33-25-53-17-21-56(22-18-53)111(77,102)103)64(95)49-86(34-26-54-19-23-57(24-20-54)112(78,104)105)63(94)46-83(31-11-9-28-72)61(92)44-80-55-14-7-6-8-15-55/h17-24,55,58-59,80H,6-16,25-52,72-73H2,1-5H3,(H2,74,100)(H,81,91)(H,82,101)(H4,75,76,79)(H2,77,102,103)(H2,78,104,105)/t58-,59-/m0/s1. The van der Waals surface area contributed by atoms with Crippen LogP contribution >= 0.6 is 11.8 Å². The summed E-state index contributed by atoms with van der Waals surface area (Å²) in [5, 5.41) is 19.3. The number of benzene rings is 2. The number of ether oxygens (including phenoxy) is 4. The normalized spacial score (nSPS) is 12.9. The lowest BCUT2D eigenvalue weighted by atomic mass is 9.95. The van der Waals surface area contributed by atoms with Crippen molar-refractivity contribution in [3.63, 3.8) is 0 Å². The van der Waals surface area contributed by atoms with E-state index in [1.54, 1.807) is 0 Å². The number of primary sulfonamides is 2. The van der Waals surface area contributed by atoms with E-state index < -0.39 is 144 Å². The summed E-state index contributed by atoms with van der Waals surface area (Å²) in [4.78, 5) is 170. The predicted molar refractivity (Wildman–Crippen MR) is 421 cm³/mol. The zero-order valence-corrected chi connectivity index (χ0v) is 67.9. The molecule has 0 spiro atoms. The number of guanidine groups is 1. The van der Waals surface area contributed by atoms with Gasteiger partial charge in [0.05, 0.1) is 95.1 Å². The Kier molecular flexibility index (Phi) is 47.0. The van der Waals surface area contributed by atoms with Crippen molar-refractivity contribution in [1.29, 1.82) is 0 Å². The third kappa shape index (κ3) is 38.5. The van der Waals surface area contributed by atoms with Crippen molar-refractivity contribution in [2.24, 2.45) is 43.9 Å². The topological polar surface area (TPSA) is 549 Å². The monoisotopic (exact) mass is 1640 g/mol. The lowest BCUT2D eigenvalue weighted by molar-refractivity contribution is -0.149. The Bertz CT molecular complexity index is 3540. The van der Waals surface area contributed by atoms with E-state index in [4.69, 9.17) is 57.9 Å². The van der Waals surface area contributed by atoms with Gasteiger partial charge in [-0.05, 0) is 131 Å². The van der Waals surface area contributed by atoms with Crippen LogP contribution in [-0.2, 0) is 105 Å². The predicted octanol–water partition coefficient (Wildman–Crippen LogP) is -4.36. The number of hydrogen-bond acceptors (Lipinski definition) is 24. The van der Waals surface area contributed by atoms with E-state index in [0.717, 1.165) is 51.7 Å². The second-order valence-electron chi connectivity index (χ2n) is 26.9. The van der Waals surface area contributed by atoms with Crippen LogP contribution < -0.4 is 54.9 Å². The molecule has 0 unspecified atom stereocenters. The van der Waals surface area contributed by atoms with Crippen molar-refractivity contribution >= 4 is 103 Å². The number of unbranched alkanes of at least 4 members (excludes halogenated alkanes) is 2. The highest BCUT2D eigenvalue weighted by molar-refractivity contribution is 7.98. The number of hydrogen-bond donors (Lipinski definition) is 10. The number of carbonyl (C=O) groups excluding carboxylic acids is 11. The van der Waals surface area contributed by atoms with Gasteiger partial charge in [-0.25, -0.2) is 27.1 Å². The molecule has 11 amide bonds. The molecule has 112 heavy (non-hydrogen) atoms. The second kappa shape index (κ2) is 53.7. The number of thioether (sulfide) groups is 1. The molecule has 0 heterocycles. The molecular formula is C71H121N19O19S3. The molecule has 3 rings (SSSR count). The van der Waals surface area contributed by atoms with E-state index in [-0.39, 0.29) is 165 Å². The summed E-state index contributed by atoms with van der Waals surface area (Å²) in [5.41, 5.74) is 29.4. The van der Waals surface area contributed by atoms with Crippen molar-refractivity contribution < 1.29 is 88.5 Å². The maximum atomic E-state index is 15.2. The van der Waals surface area contributed by atoms with Gasteiger partial charge in [0.2, 0.25) is 85.0 Å². The number of carbonyl (C=O) groups is 11. The largest absolute Gasteiger partial charge is 0.383 e. The number of methoxy groups -OCH3 is 4. The summed E-state index contributed by atoms with van der Waals surface area (Å²) in [6.45, 7) is -5.98. The number of aliphatic imine (C=N–C) groups is 1. The fourth-order valence-corrected chi connectivity index (χ4v) is 13.2. The molecule has 38 nitrogen and oxygen atoms in total. The molecule has 0 bridgehead atoms. The van der Waals surface area contributed by atoms with Crippen LogP contribution in [0.25, 0.3) is 0 Å². The van der Waals surface area contributed by atoms with Crippen molar-refractivity contribution in [2.45, 2.75) is 118 Å². The van der Waals surface area contributed by atoms with Crippen molar-refractivity contribution in [2.75, 3.05) is 198 Å². The van der Waals surface area contributed by atoms with Crippen molar-refractivity contribution in [1.82, 2.24) is 55.1 Å². The van der Waals surface area contributed by atoms with Gasteiger partial charge in [0.25, 0.3) is 0 Å². The highest BCUT2D eigenvalue weighted by Gasteiger charge is 2.33. The minimum absolute atomic E-state index is 0.000766. The van der Waals surface area contributed by atoms with Gasteiger partial charge in [-0.3, -0.25) is 57.7 Å². The van der Waals surface area contributed by atoms with Gasteiger partial charge in [-0.15, -0.1) is 0 Å². The first-order chi connectivity index (χ1) is 53.3. The third-order valence-corrected chi connectivity index (χ3v) is 20.8. The molecule has 0 aromatic heterocycles. The average Bonchev–Trinajstić information content (AvgIpc) is 0.862. The number of nitrogens with two attached hydrogens (primary N) is 7. The number of sulfonamides is 2. The lowest BCUT2D eigenvalue weighted by Crippen LogP contribution is -2.55. The molecule has 632 valence electrons. The quantitative estimate of drug-likeness (QED) is 0.0170. The summed E-state index contributed by atoms with van der Waals surface area (Å²) < 4.78 is 70.1. The van der Waals surface area contributed by atoms with Crippen LogP contribution in [0.5, 0.6) is 0 Å². The maximum Gasteiger partial charge on any atom is 0.243 e. The first-order valence-corrected chi connectivity index (χ1v) is 41.8. The first kappa shape index (κ1) is 98.0. The molecule has 2 aromatic carbocycles. The molecule has 1 saturated carbocycles. The minimum Gasteiger partial charge on any atom is -0.383 e. The Balaban J connectivity index is 2.04. The SMILES string of the molecule is COCCN(CC(=O)N[C@@H](CCCN=C(N)N)C(=O)N[C@@H](CCSC)C(N)=O)C(=O)CN(CCOC)C(=O)CN(CCOC)C(=O)CN(CCOC)C(=O)CN(CCCCN)C(=O)CN(CCc1ccc(S(N)(=O)=O)cc1)C(=O)CN(CCc1ccc(S(N)(=O)=O)cc1)C(=O)CN(CCCCN)C(=O)CNC1CCCCC1. The van der Waals surface area contributed by atoms with Crippen LogP contribution in [0.3, 0.4) is 0 Å². The summed E-state index contributed by atoms with van der Waals surface area (Å²) in [7, 11) is -2.74. The van der Waals surface area contributed by atoms with E-state index in [1.807, 2.05) is 6.26 Å². The summed E-state index contributed by atoms with van der Waals surface area (Å²) in [6.07, 6.45) is 8.87. The summed E-state index contributed by atoms with van der Waals surface area (Å²) >= 11 is 1.43. The maximum absolute atomic E-state index is 15.2. The summed E-state index contributed by atoms with van der Waals surface area (Å²) in [5.74, 6) is -7.58. The Hall–Kier alpha value is -8.23. The first-order valence-electron chi connectivity index (χ1n) is 37.3. The highest BCUT2D eigenvalue weighted by Crippen LogP contribution is 2.19. The van der Waals surface area contributed by atoms with Crippen LogP contribution in [0.4, 0.5) is 0 Å². The van der Waals surface area contributed by atoms with Crippen LogP contribution in [0.2, 0.25) is 0 Å². The Morgan fingerprint density at radius 3 is 1.16 bits per heavy atom. The van der Waals surface area contributed by atoms with Gasteiger partial charge >= 0.3 is 0 Å². The molecule has 1 aliphatic carbocycles. The van der Waals surface area contributed by atoms with E-state index in [1.165, 1.54) is 108 Å². The van der Waals surface area contributed by atoms with Crippen molar-refractivity contribution in [3.05, 3.63) is 59.7 Å². The summed E-state index contributed by atoms with van der Waals surface area (Å²) in [6, 6.07) is 8.94. The van der Waals surface area contributed by atoms with Gasteiger partial charge in [0.15, 0.2) is 5.96 Å². The molecule has 2 aromatic rings. The average molecular weight is 1640 g/mol. The zero-order valence-electron chi connectivity index (χ0n) is 65.5. The van der Waals surface area contributed by atoms with Gasteiger partial charge in [-0.1, -0.05) is 43.5 Å². The molecule has 17 N–H and O–H groups in total. The van der Waals surface area contributed by atoms with Crippen LogP contribution in [-0.4, -0.2) is 343 Å². The number of nitrogens with zero attached hydrogens (tertiary/aromatic N) is 9. The van der Waals surface area contributed by atoms with Gasteiger partial charge in [0, 0.05) is 93.4 Å². The molecule has 1 fully saturated rings. The highest BCUT2D eigenvalue weighted by atomic mass is 32.2. The molecular weight excluding hydrogens is 1520 g/mol. The third-order valence-electron chi connectivity index (χ3n) is 18.3. The van der Waals surface area contributed by atoms with E-state index in [9.17, 15) is 60.0 Å². The molecule has 1 aliphatic rings. The Morgan fingerprint density at radius 1 is 0.464 bits per heavy atom. The number of primary amides is 1. The fraction of sp³-hybridized carbons (Fsp3) is 0.662. The van der Waals surface area contributed by atoms with E-state index in [2.05, 4.69) is 20.9 Å². The second-order valence-corrected chi connectivity index (χ2v) is 31.0.